The van der Waals surface area contributed by atoms with Gasteiger partial charge in [-0.25, -0.2) is 14.6 Å². The summed E-state index contributed by atoms with van der Waals surface area (Å²) >= 11 is 0. The van der Waals surface area contributed by atoms with Crippen molar-refractivity contribution in [2.24, 2.45) is 0 Å². The number of rotatable bonds is 6. The van der Waals surface area contributed by atoms with Gasteiger partial charge >= 0.3 is 7.67 Å². The molecule has 0 spiro atoms. The molecular formula is C10H19N4O2P. The Kier molecular flexibility index (Phi) is 5.11. The van der Waals surface area contributed by atoms with Crippen LogP contribution in [0.5, 0.6) is 5.75 Å². The van der Waals surface area contributed by atoms with Gasteiger partial charge in [-0.15, -0.1) is 0 Å². The van der Waals surface area contributed by atoms with Crippen molar-refractivity contribution in [3.63, 3.8) is 0 Å². The Morgan fingerprint density at radius 1 is 1.00 bits per heavy atom. The van der Waals surface area contributed by atoms with Crippen LogP contribution in [0.3, 0.4) is 0 Å². The molecule has 0 atom stereocenters. The minimum absolute atomic E-state index is 0.541. The lowest BCUT2D eigenvalue weighted by molar-refractivity contribution is 0.285. The standard InChI is InChI=1S/C10H19N4O2P/c1-13(2)11-17(15,12-14(3)4)16-10-8-6-5-7-9-10/h5-9H,1-4H3,(H2,11,12,15). The van der Waals surface area contributed by atoms with Gasteiger partial charge in [0, 0.05) is 28.2 Å². The second kappa shape index (κ2) is 6.14. The molecule has 0 aliphatic carbocycles. The summed E-state index contributed by atoms with van der Waals surface area (Å²) in [5, 5.41) is 8.67. The van der Waals surface area contributed by atoms with Crippen molar-refractivity contribution in [1.82, 2.24) is 20.4 Å². The van der Waals surface area contributed by atoms with Crippen molar-refractivity contribution >= 4 is 7.67 Å². The quantitative estimate of drug-likeness (QED) is 0.592. The van der Waals surface area contributed by atoms with E-state index >= 15 is 0 Å². The fourth-order valence-corrected chi connectivity index (χ4v) is 2.82. The average molecular weight is 258 g/mol. The number of nitrogens with one attached hydrogen (secondary N) is 2. The van der Waals surface area contributed by atoms with Gasteiger partial charge in [-0.05, 0) is 12.1 Å². The highest BCUT2D eigenvalue weighted by Gasteiger charge is 2.26. The Bertz CT molecular complexity index is 369. The molecule has 96 valence electrons. The molecule has 0 amide bonds. The molecule has 6 nitrogen and oxygen atoms in total. The second-order valence-corrected chi connectivity index (χ2v) is 5.63. The van der Waals surface area contributed by atoms with E-state index in [1.54, 1.807) is 50.3 Å². The zero-order chi connectivity index (χ0) is 12.9. The SMILES string of the molecule is CN(C)NP(=O)(NN(C)C)Oc1ccccc1. The molecule has 17 heavy (non-hydrogen) atoms. The normalized spacial score (nSPS) is 12.1. The van der Waals surface area contributed by atoms with Gasteiger partial charge < -0.3 is 4.52 Å². The van der Waals surface area contributed by atoms with Gasteiger partial charge in [-0.3, -0.25) is 0 Å². The third-order valence-corrected chi connectivity index (χ3v) is 3.43. The van der Waals surface area contributed by atoms with E-state index in [9.17, 15) is 4.57 Å². The van der Waals surface area contributed by atoms with E-state index < -0.39 is 7.67 Å². The summed E-state index contributed by atoms with van der Waals surface area (Å²) in [7, 11) is 3.79. The fraction of sp³-hybridized carbons (Fsp3) is 0.400. The van der Waals surface area contributed by atoms with Crippen LogP contribution in [0.1, 0.15) is 0 Å². The minimum Gasteiger partial charge on any atom is -0.421 e. The average Bonchev–Trinajstić information content (AvgIpc) is 2.15. The van der Waals surface area contributed by atoms with Crippen LogP contribution < -0.4 is 14.9 Å². The third-order valence-electron chi connectivity index (χ3n) is 1.64. The second-order valence-electron chi connectivity index (χ2n) is 3.94. The molecule has 0 fully saturated rings. The van der Waals surface area contributed by atoms with E-state index in [2.05, 4.69) is 10.4 Å². The lowest BCUT2D eigenvalue weighted by Gasteiger charge is -2.26. The summed E-state index contributed by atoms with van der Waals surface area (Å²) in [4.78, 5) is 0. The van der Waals surface area contributed by atoms with Gasteiger partial charge in [0.05, 0.1) is 0 Å². The molecule has 0 radical (unpaired) electrons. The van der Waals surface area contributed by atoms with Crippen LogP contribution in [0, 0.1) is 0 Å². The van der Waals surface area contributed by atoms with E-state index in [0.29, 0.717) is 5.75 Å². The zero-order valence-corrected chi connectivity index (χ0v) is 11.4. The molecule has 7 heteroatoms. The van der Waals surface area contributed by atoms with Crippen LogP contribution in [-0.2, 0) is 4.57 Å². The van der Waals surface area contributed by atoms with Gasteiger partial charge in [0.15, 0.2) is 0 Å². The summed E-state index contributed by atoms with van der Waals surface area (Å²) in [6.07, 6.45) is 0. The first-order valence-electron chi connectivity index (χ1n) is 5.16. The number of hydrogen-bond acceptors (Lipinski definition) is 4. The van der Waals surface area contributed by atoms with Gasteiger partial charge in [-0.1, -0.05) is 18.2 Å². The largest absolute Gasteiger partial charge is 0.421 e. The number of hydrogen-bond donors (Lipinski definition) is 2. The molecule has 0 aliphatic rings. The van der Waals surface area contributed by atoms with Crippen LogP contribution >= 0.6 is 7.67 Å². The van der Waals surface area contributed by atoms with Crippen LogP contribution in [0.25, 0.3) is 0 Å². The van der Waals surface area contributed by atoms with E-state index in [1.165, 1.54) is 0 Å². The van der Waals surface area contributed by atoms with Crippen molar-refractivity contribution in [1.29, 1.82) is 0 Å². The molecule has 0 saturated carbocycles. The molecule has 1 rings (SSSR count). The molecule has 1 aromatic rings. The number of nitrogens with zero attached hydrogens (tertiary/aromatic N) is 2. The molecule has 1 aromatic carbocycles. The molecule has 0 unspecified atom stereocenters. The minimum atomic E-state index is -3.20. The number of hydrazine groups is 2. The first-order chi connectivity index (χ1) is 7.91. The van der Waals surface area contributed by atoms with Crippen molar-refractivity contribution in [3.8, 4) is 5.75 Å². The zero-order valence-electron chi connectivity index (χ0n) is 10.5. The smallest absolute Gasteiger partial charge is 0.417 e. The van der Waals surface area contributed by atoms with E-state index in [0.717, 1.165) is 0 Å². The Hall–Kier alpha value is -0.910. The van der Waals surface area contributed by atoms with Gasteiger partial charge in [0.1, 0.15) is 5.75 Å². The molecule has 2 N–H and O–H groups in total. The van der Waals surface area contributed by atoms with E-state index in [4.69, 9.17) is 4.52 Å². The monoisotopic (exact) mass is 258 g/mol. The van der Waals surface area contributed by atoms with Crippen LogP contribution in [0.15, 0.2) is 30.3 Å². The van der Waals surface area contributed by atoms with Crippen LogP contribution in [-0.4, -0.2) is 38.2 Å². The summed E-state index contributed by atoms with van der Waals surface area (Å²) in [6.45, 7) is 0. The topological polar surface area (TPSA) is 56.8 Å². The van der Waals surface area contributed by atoms with Gasteiger partial charge in [-0.2, -0.15) is 10.4 Å². The third kappa shape index (κ3) is 5.30. The van der Waals surface area contributed by atoms with Crippen LogP contribution in [0.4, 0.5) is 0 Å². The maximum Gasteiger partial charge on any atom is 0.417 e. The predicted octanol–water partition coefficient (Wildman–Crippen LogP) is 1.31. The highest BCUT2D eigenvalue weighted by Crippen LogP contribution is 2.38. The van der Waals surface area contributed by atoms with Gasteiger partial charge in [0.2, 0.25) is 0 Å². The summed E-state index contributed by atoms with van der Waals surface area (Å²) in [5.74, 6) is 0.541. The molecule has 0 aliphatic heterocycles. The highest BCUT2D eigenvalue weighted by molar-refractivity contribution is 7.54. The summed E-state index contributed by atoms with van der Waals surface area (Å²) in [5.41, 5.74) is 0. The maximum absolute atomic E-state index is 12.5. The molecule has 0 saturated heterocycles. The molecule has 0 heterocycles. The lowest BCUT2D eigenvalue weighted by atomic mass is 10.3. The van der Waals surface area contributed by atoms with Crippen LogP contribution in [0.2, 0.25) is 0 Å². The van der Waals surface area contributed by atoms with Crippen molar-refractivity contribution in [2.45, 2.75) is 0 Å². The van der Waals surface area contributed by atoms with E-state index in [1.807, 2.05) is 18.2 Å². The Balaban J connectivity index is 2.80. The maximum atomic E-state index is 12.5. The first-order valence-corrected chi connectivity index (χ1v) is 6.79. The lowest BCUT2D eigenvalue weighted by Crippen LogP contribution is -2.40. The molecule has 0 bridgehead atoms. The highest BCUT2D eigenvalue weighted by atomic mass is 31.2. The van der Waals surface area contributed by atoms with E-state index in [-0.39, 0.29) is 0 Å². The Labute approximate surface area is 102 Å². The summed E-state index contributed by atoms with van der Waals surface area (Å²) in [6, 6.07) is 9.02. The Morgan fingerprint density at radius 2 is 1.47 bits per heavy atom. The summed E-state index contributed by atoms with van der Waals surface area (Å²) < 4.78 is 17.9. The first kappa shape index (κ1) is 14.2. The fourth-order valence-electron chi connectivity index (χ4n) is 1.22. The Morgan fingerprint density at radius 3 is 1.88 bits per heavy atom. The molecular weight excluding hydrogens is 239 g/mol. The van der Waals surface area contributed by atoms with Crippen molar-refractivity contribution in [2.75, 3.05) is 28.2 Å². The van der Waals surface area contributed by atoms with Crippen molar-refractivity contribution < 1.29 is 9.09 Å². The molecule has 0 aromatic heterocycles. The van der Waals surface area contributed by atoms with Gasteiger partial charge in [0.25, 0.3) is 0 Å². The van der Waals surface area contributed by atoms with Crippen molar-refractivity contribution in [3.05, 3.63) is 30.3 Å². The number of benzene rings is 1. The predicted molar refractivity (Wildman–Crippen MR) is 68.3 cm³/mol. The number of para-hydroxylation sites is 1.